The van der Waals surface area contributed by atoms with Crippen molar-refractivity contribution in [3.8, 4) is 0 Å². The third-order valence-corrected chi connectivity index (χ3v) is 8.11. The van der Waals surface area contributed by atoms with Crippen LogP contribution in [-0.2, 0) is 10.0 Å². The highest BCUT2D eigenvalue weighted by Crippen LogP contribution is 2.33. The molecule has 1 N–H and O–H groups in total. The highest BCUT2D eigenvalue weighted by Gasteiger charge is 2.20. The Hall–Kier alpha value is -0.740. The summed E-state index contributed by atoms with van der Waals surface area (Å²) >= 11 is 3.32. The van der Waals surface area contributed by atoms with Gasteiger partial charge in [0.25, 0.3) is 0 Å². The summed E-state index contributed by atoms with van der Waals surface area (Å²) in [5.74, 6) is 0. The zero-order valence-corrected chi connectivity index (χ0v) is 15.7. The molecule has 0 radical (unpaired) electrons. The number of sulfonamides is 1. The molecule has 0 fully saturated rings. The maximum absolute atomic E-state index is 12.6. The van der Waals surface area contributed by atoms with Crippen LogP contribution in [0.25, 0.3) is 0 Å². The first kappa shape index (κ1) is 17.6. The third kappa shape index (κ3) is 4.88. The van der Waals surface area contributed by atoms with Crippen molar-refractivity contribution in [1.82, 2.24) is 4.49 Å². The standard InChI is InChI=1S/C16H19BrNO2PS/c1-2-3-13-21(15-7-5-4-6-8-15)18-22(19,20)16-11-9-14(17)10-12-16/h4-12,18H,2-3,13H2,1H3. The number of rotatable bonds is 7. The molecule has 0 aliphatic heterocycles. The van der Waals surface area contributed by atoms with E-state index in [0.717, 1.165) is 28.8 Å². The molecule has 22 heavy (non-hydrogen) atoms. The third-order valence-electron chi connectivity index (χ3n) is 3.16. The molecule has 0 bridgehead atoms. The fourth-order valence-corrected chi connectivity index (χ4v) is 6.51. The molecule has 1 atom stereocenters. The van der Waals surface area contributed by atoms with Gasteiger partial charge in [0.2, 0.25) is 10.0 Å². The van der Waals surface area contributed by atoms with Gasteiger partial charge in [0.1, 0.15) is 0 Å². The molecule has 3 nitrogen and oxygen atoms in total. The first-order valence-electron chi connectivity index (χ1n) is 7.13. The Morgan fingerprint density at radius 2 is 1.68 bits per heavy atom. The van der Waals surface area contributed by atoms with Crippen molar-refractivity contribution < 1.29 is 8.42 Å². The minimum atomic E-state index is -3.50. The summed E-state index contributed by atoms with van der Waals surface area (Å²) < 4.78 is 28.9. The van der Waals surface area contributed by atoms with Gasteiger partial charge in [-0.15, -0.1) is 0 Å². The molecule has 2 aromatic rings. The lowest BCUT2D eigenvalue weighted by atomic mass is 10.4. The molecule has 2 rings (SSSR count). The van der Waals surface area contributed by atoms with Gasteiger partial charge < -0.3 is 0 Å². The summed E-state index contributed by atoms with van der Waals surface area (Å²) in [7, 11) is -4.43. The average Bonchev–Trinajstić information content (AvgIpc) is 2.52. The van der Waals surface area contributed by atoms with Crippen LogP contribution in [0.4, 0.5) is 0 Å². The van der Waals surface area contributed by atoms with E-state index >= 15 is 0 Å². The molecule has 2 aromatic carbocycles. The Bertz CT molecular complexity index is 690. The second-order valence-electron chi connectivity index (χ2n) is 4.89. The quantitative estimate of drug-likeness (QED) is 0.707. The van der Waals surface area contributed by atoms with E-state index in [0.29, 0.717) is 4.90 Å². The van der Waals surface area contributed by atoms with Crippen molar-refractivity contribution in [3.63, 3.8) is 0 Å². The molecule has 0 saturated heterocycles. The molecule has 0 amide bonds. The van der Waals surface area contributed by atoms with Gasteiger partial charge in [-0.1, -0.05) is 59.6 Å². The summed E-state index contributed by atoms with van der Waals surface area (Å²) in [6.45, 7) is 2.11. The van der Waals surface area contributed by atoms with Crippen LogP contribution in [-0.4, -0.2) is 14.6 Å². The Balaban J connectivity index is 2.24. The number of hydrogen-bond donors (Lipinski definition) is 1. The van der Waals surface area contributed by atoms with Gasteiger partial charge >= 0.3 is 0 Å². The van der Waals surface area contributed by atoms with Crippen molar-refractivity contribution >= 4 is 39.3 Å². The first-order valence-corrected chi connectivity index (χ1v) is 10.9. The zero-order chi connectivity index (χ0) is 16.0. The summed E-state index contributed by atoms with van der Waals surface area (Å²) in [6.07, 6.45) is 2.90. The topological polar surface area (TPSA) is 46.2 Å². The van der Waals surface area contributed by atoms with Gasteiger partial charge in [-0.25, -0.2) is 8.42 Å². The van der Waals surface area contributed by atoms with Gasteiger partial charge in [-0.05, 0) is 42.2 Å². The lowest BCUT2D eigenvalue weighted by Crippen LogP contribution is -2.24. The molecule has 0 spiro atoms. The van der Waals surface area contributed by atoms with E-state index in [1.165, 1.54) is 0 Å². The Morgan fingerprint density at radius 1 is 1.05 bits per heavy atom. The highest BCUT2D eigenvalue weighted by molar-refractivity contribution is 9.10. The van der Waals surface area contributed by atoms with E-state index in [-0.39, 0.29) is 0 Å². The second-order valence-corrected chi connectivity index (χ2v) is 9.83. The van der Waals surface area contributed by atoms with E-state index in [9.17, 15) is 8.42 Å². The van der Waals surface area contributed by atoms with Crippen LogP contribution in [0.3, 0.4) is 0 Å². The lowest BCUT2D eigenvalue weighted by Gasteiger charge is -2.19. The Labute approximate surface area is 142 Å². The predicted molar refractivity (Wildman–Crippen MR) is 97.2 cm³/mol. The average molecular weight is 400 g/mol. The largest absolute Gasteiger partial charge is 0.244 e. The monoisotopic (exact) mass is 399 g/mol. The molecule has 1 unspecified atom stereocenters. The molecule has 0 aromatic heterocycles. The summed E-state index contributed by atoms with van der Waals surface area (Å²) in [6, 6.07) is 16.5. The summed E-state index contributed by atoms with van der Waals surface area (Å²) in [5, 5.41) is 1.06. The van der Waals surface area contributed by atoms with Crippen LogP contribution in [0.1, 0.15) is 19.8 Å². The van der Waals surface area contributed by atoms with Gasteiger partial charge in [0.05, 0.1) is 4.90 Å². The minimum absolute atomic E-state index is 0.302. The van der Waals surface area contributed by atoms with Crippen molar-refractivity contribution in [2.45, 2.75) is 24.7 Å². The zero-order valence-electron chi connectivity index (χ0n) is 12.4. The summed E-state index contributed by atoms with van der Waals surface area (Å²) in [5.41, 5.74) is 0. The van der Waals surface area contributed by atoms with Gasteiger partial charge in [0.15, 0.2) is 0 Å². The minimum Gasteiger partial charge on any atom is -0.207 e. The van der Waals surface area contributed by atoms with Gasteiger partial charge in [-0.3, -0.25) is 0 Å². The van der Waals surface area contributed by atoms with E-state index in [4.69, 9.17) is 0 Å². The van der Waals surface area contributed by atoms with Crippen LogP contribution in [0.5, 0.6) is 0 Å². The van der Waals surface area contributed by atoms with Crippen LogP contribution in [0.15, 0.2) is 64.0 Å². The summed E-state index contributed by atoms with van der Waals surface area (Å²) in [4.78, 5) is 0.302. The molecule has 0 saturated carbocycles. The van der Waals surface area contributed by atoms with Crippen molar-refractivity contribution in [2.24, 2.45) is 0 Å². The Kier molecular flexibility index (Phi) is 6.57. The fraction of sp³-hybridized carbons (Fsp3) is 0.250. The SMILES string of the molecule is CCCCP(NS(=O)(=O)c1ccc(Br)cc1)c1ccccc1. The van der Waals surface area contributed by atoms with Gasteiger partial charge in [0, 0.05) is 12.5 Å². The smallest absolute Gasteiger partial charge is 0.207 e. The number of nitrogens with one attached hydrogen (secondary N) is 1. The predicted octanol–water partition coefficient (Wildman–Crippen LogP) is 4.25. The molecule has 0 aliphatic rings. The fourth-order valence-electron chi connectivity index (χ4n) is 1.96. The van der Waals surface area contributed by atoms with Crippen LogP contribution < -0.4 is 9.80 Å². The van der Waals surface area contributed by atoms with Crippen LogP contribution in [0, 0.1) is 0 Å². The van der Waals surface area contributed by atoms with Crippen molar-refractivity contribution in [3.05, 3.63) is 59.1 Å². The molecular formula is C16H19BrNO2PS. The second kappa shape index (κ2) is 8.21. The van der Waals surface area contributed by atoms with E-state index in [2.05, 4.69) is 27.3 Å². The van der Waals surface area contributed by atoms with Crippen molar-refractivity contribution in [1.29, 1.82) is 0 Å². The molecule has 6 heteroatoms. The number of halogens is 1. The maximum Gasteiger partial charge on any atom is 0.244 e. The van der Waals surface area contributed by atoms with E-state index in [1.54, 1.807) is 24.3 Å². The highest BCUT2D eigenvalue weighted by atomic mass is 79.9. The molecular weight excluding hydrogens is 381 g/mol. The number of benzene rings is 2. The lowest BCUT2D eigenvalue weighted by molar-refractivity contribution is 0.594. The van der Waals surface area contributed by atoms with Gasteiger partial charge in [-0.2, -0.15) is 4.49 Å². The van der Waals surface area contributed by atoms with Crippen LogP contribution in [0.2, 0.25) is 0 Å². The molecule has 118 valence electrons. The maximum atomic E-state index is 12.6. The van der Waals surface area contributed by atoms with E-state index < -0.39 is 18.1 Å². The molecule has 0 aliphatic carbocycles. The van der Waals surface area contributed by atoms with Crippen molar-refractivity contribution in [2.75, 3.05) is 6.16 Å². The molecule has 0 heterocycles. The Morgan fingerprint density at radius 3 is 2.27 bits per heavy atom. The first-order chi connectivity index (χ1) is 10.5. The normalized spacial score (nSPS) is 13.0. The van der Waals surface area contributed by atoms with Crippen LogP contribution >= 0.6 is 24.0 Å². The number of unbranched alkanes of at least 4 members (excludes halogenated alkanes) is 1. The van der Waals surface area contributed by atoms with E-state index in [1.807, 2.05) is 30.3 Å². The number of hydrogen-bond acceptors (Lipinski definition) is 2.